The van der Waals surface area contributed by atoms with Crippen LogP contribution < -0.4 is 15.8 Å². The van der Waals surface area contributed by atoms with Crippen molar-refractivity contribution >= 4 is 51.3 Å². The molecule has 0 spiro atoms. The van der Waals surface area contributed by atoms with Gasteiger partial charge in [-0.1, -0.05) is 25.6 Å². The number of fused-ring (bicyclic) bond motifs is 1. The van der Waals surface area contributed by atoms with Crippen LogP contribution in [0.15, 0.2) is 34.6 Å². The lowest BCUT2D eigenvalue weighted by molar-refractivity contribution is 0.413. The molecule has 9 heteroatoms. The van der Waals surface area contributed by atoms with Crippen LogP contribution in [0.3, 0.4) is 0 Å². The third kappa shape index (κ3) is 5.32. The predicted octanol–water partition coefficient (Wildman–Crippen LogP) is 4.34. The fourth-order valence-electron chi connectivity index (χ4n) is 3.12. The van der Waals surface area contributed by atoms with Crippen molar-refractivity contribution in [2.75, 3.05) is 19.4 Å². The molecule has 0 aliphatic heterocycles. The number of benzene rings is 1. The average Bonchev–Trinajstić information content (AvgIpc) is 3.08. The quantitative estimate of drug-likeness (QED) is 0.300. The molecule has 0 saturated carbocycles. The number of anilines is 1. The van der Waals surface area contributed by atoms with Gasteiger partial charge in [-0.05, 0) is 66.6 Å². The molecular weight excluding hydrogens is 499 g/mol. The molecule has 0 bridgehead atoms. The van der Waals surface area contributed by atoms with Crippen molar-refractivity contribution in [2.45, 2.75) is 55.7 Å². The molecule has 0 amide bonds. The minimum atomic E-state index is 0.408. The van der Waals surface area contributed by atoms with Crippen LogP contribution in [0.5, 0.6) is 5.75 Å². The van der Waals surface area contributed by atoms with Crippen molar-refractivity contribution in [3.8, 4) is 5.75 Å². The fourth-order valence-corrected chi connectivity index (χ4v) is 4.75. The summed E-state index contributed by atoms with van der Waals surface area (Å²) >= 11 is 3.93. The zero-order chi connectivity index (χ0) is 20.8. The Balaban J connectivity index is 1.86. The highest BCUT2D eigenvalue weighted by Gasteiger charge is 2.17. The highest BCUT2D eigenvalue weighted by atomic mass is 127. The van der Waals surface area contributed by atoms with Gasteiger partial charge in [-0.2, -0.15) is 0 Å². The van der Waals surface area contributed by atoms with E-state index in [-0.39, 0.29) is 0 Å². The number of nitrogens with one attached hydrogen (secondary N) is 1. The van der Waals surface area contributed by atoms with Crippen molar-refractivity contribution in [1.29, 1.82) is 0 Å². The Morgan fingerprint density at radius 2 is 2.07 bits per heavy atom. The minimum absolute atomic E-state index is 0.408. The van der Waals surface area contributed by atoms with E-state index in [0.29, 0.717) is 17.4 Å². The van der Waals surface area contributed by atoms with Crippen LogP contribution in [0.25, 0.3) is 11.2 Å². The molecule has 0 aliphatic carbocycles. The first-order chi connectivity index (χ1) is 14.1. The molecule has 0 radical (unpaired) electrons. The van der Waals surface area contributed by atoms with Gasteiger partial charge < -0.3 is 20.4 Å². The lowest BCUT2D eigenvalue weighted by Crippen LogP contribution is -2.29. The number of nitrogens with zero attached hydrogens (tertiary/aromatic N) is 4. The zero-order valence-corrected chi connectivity index (χ0v) is 20.0. The summed E-state index contributed by atoms with van der Waals surface area (Å²) in [6.07, 6.45) is 4.77. The molecule has 0 saturated heterocycles. The van der Waals surface area contributed by atoms with Gasteiger partial charge in [0.25, 0.3) is 0 Å². The Bertz CT molecular complexity index is 960. The fraction of sp³-hybridized carbons (Fsp3) is 0.450. The molecule has 0 fully saturated rings. The highest BCUT2D eigenvalue weighted by molar-refractivity contribution is 14.1. The van der Waals surface area contributed by atoms with Gasteiger partial charge in [0.1, 0.15) is 12.1 Å². The van der Waals surface area contributed by atoms with E-state index in [1.54, 1.807) is 18.9 Å². The van der Waals surface area contributed by atoms with Gasteiger partial charge in [0, 0.05) is 21.1 Å². The largest absolute Gasteiger partial charge is 0.497 e. The molecule has 0 unspecified atom stereocenters. The predicted molar refractivity (Wildman–Crippen MR) is 127 cm³/mol. The van der Waals surface area contributed by atoms with E-state index in [4.69, 9.17) is 15.5 Å². The molecule has 156 valence electrons. The number of nitrogen functional groups attached to an aromatic ring is 1. The first kappa shape index (κ1) is 22.1. The van der Waals surface area contributed by atoms with Crippen LogP contribution in [-0.4, -0.2) is 39.2 Å². The monoisotopic (exact) mass is 526 g/mol. The van der Waals surface area contributed by atoms with Gasteiger partial charge in [-0.15, -0.1) is 0 Å². The lowest BCUT2D eigenvalue weighted by Gasteiger charge is -2.15. The van der Waals surface area contributed by atoms with E-state index in [2.05, 4.69) is 56.3 Å². The molecule has 3 rings (SSSR count). The third-order valence-corrected chi connectivity index (χ3v) is 7.20. The van der Waals surface area contributed by atoms with E-state index < -0.39 is 0 Å². The summed E-state index contributed by atoms with van der Waals surface area (Å²) in [4.78, 5) is 14.4. The highest BCUT2D eigenvalue weighted by Crippen LogP contribution is 2.35. The maximum Gasteiger partial charge on any atom is 0.175 e. The molecule has 3 N–H and O–H groups in total. The third-order valence-electron chi connectivity index (χ3n) is 4.84. The Kier molecular flexibility index (Phi) is 7.96. The van der Waals surface area contributed by atoms with Crippen molar-refractivity contribution < 1.29 is 4.74 Å². The number of halogens is 1. The van der Waals surface area contributed by atoms with Gasteiger partial charge in [0.05, 0.1) is 7.11 Å². The van der Waals surface area contributed by atoms with Gasteiger partial charge in [-0.3, -0.25) is 0 Å². The summed E-state index contributed by atoms with van der Waals surface area (Å²) in [6.45, 7) is 6.19. The second-order valence-electron chi connectivity index (χ2n) is 6.70. The van der Waals surface area contributed by atoms with E-state index in [9.17, 15) is 0 Å². The summed E-state index contributed by atoms with van der Waals surface area (Å²) in [5.74, 6) is 1.23. The average molecular weight is 526 g/mol. The molecule has 0 atom stereocenters. The van der Waals surface area contributed by atoms with E-state index in [1.165, 1.54) is 6.33 Å². The Morgan fingerprint density at radius 3 is 2.79 bits per heavy atom. The minimum Gasteiger partial charge on any atom is -0.497 e. The number of hydrogen-bond acceptors (Lipinski definition) is 7. The second-order valence-corrected chi connectivity index (χ2v) is 8.87. The van der Waals surface area contributed by atoms with Crippen LogP contribution in [0.2, 0.25) is 0 Å². The topological polar surface area (TPSA) is 90.9 Å². The maximum absolute atomic E-state index is 6.07. The second kappa shape index (κ2) is 10.4. The zero-order valence-electron chi connectivity index (χ0n) is 17.0. The summed E-state index contributed by atoms with van der Waals surface area (Å²) in [6, 6.07) is 6.60. The van der Waals surface area contributed by atoms with Gasteiger partial charge >= 0.3 is 0 Å². The first-order valence-electron chi connectivity index (χ1n) is 9.78. The number of imidazole rings is 1. The number of nitrogens with two attached hydrogens (primary N) is 1. The standard InChI is InChI=1S/C20H27IN6OS/c1-4-13(5-2)23-9-6-10-27-19-17(18(22)24-12-25-19)26-20(27)29-16-11-14(28-3)7-8-15(16)21/h7-8,11-13,23H,4-6,9-10H2,1-3H3,(H2,22,24,25). The van der Waals surface area contributed by atoms with Gasteiger partial charge in [0.15, 0.2) is 22.1 Å². The first-order valence-corrected chi connectivity index (χ1v) is 11.7. The number of rotatable bonds is 10. The Hall–Kier alpha value is -1.59. The molecule has 29 heavy (non-hydrogen) atoms. The number of methoxy groups -OCH3 is 1. The van der Waals surface area contributed by atoms with E-state index in [1.807, 2.05) is 18.2 Å². The molecular formula is C20H27IN6OS. The Morgan fingerprint density at radius 1 is 1.28 bits per heavy atom. The van der Waals surface area contributed by atoms with Gasteiger partial charge in [-0.25, -0.2) is 15.0 Å². The SMILES string of the molecule is CCC(CC)NCCCn1c(Sc2cc(OC)ccc2I)nc2c(N)ncnc21. The molecule has 7 nitrogen and oxygen atoms in total. The molecule has 2 aromatic heterocycles. The van der Waals surface area contributed by atoms with E-state index in [0.717, 1.165) is 57.4 Å². The van der Waals surface area contributed by atoms with Crippen molar-refractivity contribution in [3.63, 3.8) is 0 Å². The lowest BCUT2D eigenvalue weighted by atomic mass is 10.2. The summed E-state index contributed by atoms with van der Waals surface area (Å²) in [5.41, 5.74) is 7.50. The summed E-state index contributed by atoms with van der Waals surface area (Å²) in [7, 11) is 1.68. The molecule has 3 aromatic rings. The number of aromatic nitrogens is 4. The van der Waals surface area contributed by atoms with E-state index >= 15 is 0 Å². The smallest absolute Gasteiger partial charge is 0.175 e. The van der Waals surface area contributed by atoms with Crippen LogP contribution in [0, 0.1) is 3.57 Å². The van der Waals surface area contributed by atoms with Crippen LogP contribution >= 0.6 is 34.4 Å². The number of aryl methyl sites for hydroxylation is 1. The molecule has 1 aromatic carbocycles. The normalized spacial score (nSPS) is 11.5. The molecule has 2 heterocycles. The summed E-state index contributed by atoms with van der Waals surface area (Å²) in [5, 5.41) is 4.48. The summed E-state index contributed by atoms with van der Waals surface area (Å²) < 4.78 is 8.67. The number of hydrogen-bond donors (Lipinski definition) is 2. The van der Waals surface area contributed by atoms with Crippen molar-refractivity contribution in [1.82, 2.24) is 24.8 Å². The van der Waals surface area contributed by atoms with Crippen molar-refractivity contribution in [3.05, 3.63) is 28.1 Å². The van der Waals surface area contributed by atoms with Gasteiger partial charge in [0.2, 0.25) is 0 Å². The van der Waals surface area contributed by atoms with Crippen LogP contribution in [0.1, 0.15) is 33.1 Å². The maximum atomic E-state index is 6.07. The Labute approximate surface area is 189 Å². The van der Waals surface area contributed by atoms with Crippen LogP contribution in [-0.2, 0) is 6.54 Å². The van der Waals surface area contributed by atoms with Crippen molar-refractivity contribution in [2.24, 2.45) is 0 Å². The molecule has 0 aliphatic rings. The van der Waals surface area contributed by atoms with Crippen LogP contribution in [0.4, 0.5) is 5.82 Å². The number of ether oxygens (including phenoxy) is 1.